The number of hydrogen-bond acceptors (Lipinski definition) is 3. The van der Waals surface area contributed by atoms with Crippen LogP contribution in [0.2, 0.25) is 0 Å². The molecule has 0 bridgehead atoms. The Kier molecular flexibility index (Phi) is 3.22. The Morgan fingerprint density at radius 2 is 2.06 bits per heavy atom. The molecule has 16 heavy (non-hydrogen) atoms. The fourth-order valence-electron chi connectivity index (χ4n) is 1.91. The van der Waals surface area contributed by atoms with Gasteiger partial charge < -0.3 is 14.9 Å². The van der Waals surface area contributed by atoms with Crippen LogP contribution in [0.4, 0.5) is 0 Å². The normalized spacial score (nSPS) is 34.2. The zero-order valence-electron chi connectivity index (χ0n) is 9.06. The minimum absolute atomic E-state index is 0.221. The summed E-state index contributed by atoms with van der Waals surface area (Å²) >= 11 is 6.32. The largest absolute Gasteiger partial charge is 0.394 e. The molecule has 1 aliphatic heterocycles. The molecule has 2 rings (SSSR count). The van der Waals surface area contributed by atoms with Gasteiger partial charge in [0.05, 0.1) is 12.7 Å². The molecule has 3 nitrogen and oxygen atoms in total. The Labute approximate surface area is 99.6 Å². The minimum atomic E-state index is -1.01. The predicted molar refractivity (Wildman–Crippen MR) is 61.3 cm³/mol. The van der Waals surface area contributed by atoms with Crippen molar-refractivity contribution in [3.63, 3.8) is 0 Å². The Balaban J connectivity index is 2.24. The van der Waals surface area contributed by atoms with Crippen molar-refractivity contribution in [2.45, 2.75) is 30.6 Å². The third kappa shape index (κ3) is 2.09. The van der Waals surface area contributed by atoms with Gasteiger partial charge in [-0.15, -0.1) is 0 Å². The molecule has 0 aromatic heterocycles. The molecule has 0 saturated carbocycles. The first-order chi connectivity index (χ1) is 7.55. The fourth-order valence-corrected chi connectivity index (χ4v) is 2.31. The van der Waals surface area contributed by atoms with Crippen LogP contribution in [0.15, 0.2) is 24.3 Å². The van der Waals surface area contributed by atoms with Gasteiger partial charge in [0.15, 0.2) is 5.06 Å². The lowest BCUT2D eigenvalue weighted by atomic mass is 10.0. The lowest BCUT2D eigenvalue weighted by Gasteiger charge is -2.22. The lowest BCUT2D eigenvalue weighted by molar-refractivity contribution is -0.0386. The average Bonchev–Trinajstić information content (AvgIpc) is 2.55. The molecule has 88 valence electrons. The summed E-state index contributed by atoms with van der Waals surface area (Å²) in [5, 5.41) is 17.7. The van der Waals surface area contributed by atoms with Gasteiger partial charge in [0, 0.05) is 6.42 Å². The summed E-state index contributed by atoms with van der Waals surface area (Å²) in [5.74, 6) is 0. The summed E-state index contributed by atoms with van der Waals surface area (Å²) in [6, 6.07) is 7.66. The van der Waals surface area contributed by atoms with Crippen molar-refractivity contribution in [1.82, 2.24) is 0 Å². The summed E-state index contributed by atoms with van der Waals surface area (Å²) in [6.07, 6.45) is -1.02. The van der Waals surface area contributed by atoms with Crippen LogP contribution in [0.25, 0.3) is 0 Å². The van der Waals surface area contributed by atoms with Crippen molar-refractivity contribution < 1.29 is 14.9 Å². The molecular formula is C12H15ClO3. The molecule has 0 radical (unpaired) electrons. The Morgan fingerprint density at radius 1 is 1.44 bits per heavy atom. The van der Waals surface area contributed by atoms with Crippen molar-refractivity contribution in [2.24, 2.45) is 0 Å². The van der Waals surface area contributed by atoms with Crippen LogP contribution in [0.5, 0.6) is 0 Å². The van der Waals surface area contributed by atoms with Crippen LogP contribution < -0.4 is 0 Å². The molecule has 1 fully saturated rings. The van der Waals surface area contributed by atoms with Crippen LogP contribution in [-0.2, 0) is 9.80 Å². The van der Waals surface area contributed by atoms with Gasteiger partial charge >= 0.3 is 0 Å². The van der Waals surface area contributed by atoms with E-state index >= 15 is 0 Å². The van der Waals surface area contributed by atoms with E-state index in [0.717, 1.165) is 11.1 Å². The number of alkyl halides is 1. The van der Waals surface area contributed by atoms with Crippen molar-refractivity contribution >= 4 is 11.6 Å². The van der Waals surface area contributed by atoms with Crippen LogP contribution in [-0.4, -0.2) is 29.0 Å². The second-order valence-corrected chi connectivity index (χ2v) is 4.82. The fraction of sp³-hybridized carbons (Fsp3) is 0.500. The highest BCUT2D eigenvalue weighted by Gasteiger charge is 2.45. The van der Waals surface area contributed by atoms with Gasteiger partial charge in [-0.2, -0.15) is 0 Å². The van der Waals surface area contributed by atoms with Gasteiger partial charge in [-0.3, -0.25) is 0 Å². The molecule has 1 aliphatic rings. The quantitative estimate of drug-likeness (QED) is 0.774. The van der Waals surface area contributed by atoms with Crippen LogP contribution in [0.1, 0.15) is 17.5 Å². The molecule has 2 N–H and O–H groups in total. The van der Waals surface area contributed by atoms with E-state index in [2.05, 4.69) is 0 Å². The topological polar surface area (TPSA) is 49.7 Å². The number of aliphatic hydroxyl groups excluding tert-OH is 2. The zero-order valence-corrected chi connectivity index (χ0v) is 9.81. The summed E-state index contributed by atoms with van der Waals surface area (Å²) < 4.78 is 5.50. The predicted octanol–water partition coefficient (Wildman–Crippen LogP) is 1.53. The van der Waals surface area contributed by atoms with Gasteiger partial charge in [0.1, 0.15) is 6.10 Å². The first kappa shape index (κ1) is 11.9. The van der Waals surface area contributed by atoms with Crippen molar-refractivity contribution in [3.8, 4) is 0 Å². The molecule has 0 aliphatic carbocycles. The number of aliphatic hydroxyl groups is 2. The van der Waals surface area contributed by atoms with Crippen molar-refractivity contribution in [1.29, 1.82) is 0 Å². The smallest absolute Gasteiger partial charge is 0.170 e. The van der Waals surface area contributed by atoms with E-state index in [4.69, 9.17) is 21.4 Å². The SMILES string of the molecule is Cc1ccc(C2(Cl)C[C@H](O)[C@@H](CO)O2)cc1. The number of hydrogen-bond donors (Lipinski definition) is 2. The molecule has 1 unspecified atom stereocenters. The van der Waals surface area contributed by atoms with E-state index in [1.807, 2.05) is 31.2 Å². The van der Waals surface area contributed by atoms with Crippen molar-refractivity contribution in [2.75, 3.05) is 6.61 Å². The van der Waals surface area contributed by atoms with Gasteiger partial charge in [-0.1, -0.05) is 41.4 Å². The van der Waals surface area contributed by atoms with E-state index in [1.165, 1.54) is 0 Å². The highest BCUT2D eigenvalue weighted by Crippen LogP contribution is 2.42. The molecule has 0 spiro atoms. The lowest BCUT2D eigenvalue weighted by Crippen LogP contribution is -2.25. The second-order valence-electron chi connectivity index (χ2n) is 4.20. The molecule has 4 heteroatoms. The summed E-state index contributed by atoms with van der Waals surface area (Å²) in [4.78, 5) is 0. The average molecular weight is 243 g/mol. The van der Waals surface area contributed by atoms with E-state index in [1.54, 1.807) is 0 Å². The van der Waals surface area contributed by atoms with E-state index in [-0.39, 0.29) is 6.61 Å². The van der Waals surface area contributed by atoms with E-state index in [9.17, 15) is 5.11 Å². The van der Waals surface area contributed by atoms with Crippen LogP contribution in [0, 0.1) is 6.92 Å². The monoisotopic (exact) mass is 242 g/mol. The van der Waals surface area contributed by atoms with E-state index in [0.29, 0.717) is 6.42 Å². The maximum absolute atomic E-state index is 9.67. The molecule has 1 heterocycles. The highest BCUT2D eigenvalue weighted by atomic mass is 35.5. The highest BCUT2D eigenvalue weighted by molar-refractivity contribution is 6.23. The number of halogens is 1. The van der Waals surface area contributed by atoms with Crippen LogP contribution >= 0.6 is 11.6 Å². The molecule has 1 aromatic carbocycles. The maximum atomic E-state index is 9.67. The molecule has 1 aromatic rings. The van der Waals surface area contributed by atoms with Gasteiger partial charge in [0.25, 0.3) is 0 Å². The summed E-state index contributed by atoms with van der Waals surface area (Å²) in [7, 11) is 0. The zero-order chi connectivity index (χ0) is 11.8. The van der Waals surface area contributed by atoms with Crippen LogP contribution in [0.3, 0.4) is 0 Å². The first-order valence-corrected chi connectivity index (χ1v) is 5.66. The minimum Gasteiger partial charge on any atom is -0.394 e. The number of aryl methyl sites for hydroxylation is 1. The maximum Gasteiger partial charge on any atom is 0.170 e. The number of benzene rings is 1. The Hall–Kier alpha value is -0.610. The second kappa shape index (κ2) is 4.34. The summed E-state index contributed by atoms with van der Waals surface area (Å²) in [5.41, 5.74) is 1.95. The molecule has 0 amide bonds. The summed E-state index contributed by atoms with van der Waals surface area (Å²) in [6.45, 7) is 1.77. The Bertz CT molecular complexity index is 365. The third-order valence-electron chi connectivity index (χ3n) is 2.90. The first-order valence-electron chi connectivity index (χ1n) is 5.28. The van der Waals surface area contributed by atoms with E-state index < -0.39 is 17.3 Å². The third-order valence-corrected chi connectivity index (χ3v) is 3.36. The Morgan fingerprint density at radius 3 is 2.56 bits per heavy atom. The standard InChI is InChI=1S/C12H15ClO3/c1-8-2-4-9(5-3-8)12(13)6-10(15)11(7-14)16-12/h2-5,10-11,14-15H,6-7H2,1H3/t10-,11+,12?/m0/s1. The number of rotatable bonds is 2. The van der Waals surface area contributed by atoms with Gasteiger partial charge in [-0.25, -0.2) is 0 Å². The molecular weight excluding hydrogens is 228 g/mol. The number of ether oxygens (including phenoxy) is 1. The van der Waals surface area contributed by atoms with Crippen molar-refractivity contribution in [3.05, 3.63) is 35.4 Å². The van der Waals surface area contributed by atoms with Gasteiger partial charge in [-0.05, 0) is 12.5 Å². The molecule has 3 atom stereocenters. The van der Waals surface area contributed by atoms with Gasteiger partial charge in [0.2, 0.25) is 0 Å². The molecule has 1 saturated heterocycles.